The van der Waals surface area contributed by atoms with Crippen LogP contribution >= 0.6 is 0 Å². The van der Waals surface area contributed by atoms with E-state index in [-0.39, 0.29) is 5.82 Å². The zero-order chi connectivity index (χ0) is 9.80. The molecule has 0 unspecified atom stereocenters. The molecule has 2 aromatic rings. The third kappa shape index (κ3) is 1.90. The zero-order valence-electron chi connectivity index (χ0n) is 7.50. The first-order valence-electron chi connectivity index (χ1n) is 4.33. The molecule has 0 bridgehead atoms. The molecule has 72 valence electrons. The van der Waals surface area contributed by atoms with Gasteiger partial charge in [0.05, 0.1) is 12.2 Å². The molecule has 4 heteroatoms. The molecule has 0 spiro atoms. The first-order valence-corrected chi connectivity index (χ1v) is 4.33. The predicted octanol–water partition coefficient (Wildman–Crippen LogP) is 2.16. The normalized spacial score (nSPS) is 10.1. The van der Waals surface area contributed by atoms with E-state index in [1.807, 2.05) is 0 Å². The Morgan fingerprint density at radius 2 is 2.21 bits per heavy atom. The second-order valence-electron chi connectivity index (χ2n) is 2.87. The molecule has 2 rings (SSSR count). The Bertz CT molecular complexity index is 398. The molecule has 0 amide bonds. The molecule has 0 atom stereocenters. The number of hydrogen-bond acceptors (Lipinski definition) is 2. The number of para-hydroxylation sites is 1. The Balaban J connectivity index is 2.02. The lowest BCUT2D eigenvalue weighted by molar-refractivity contribution is 0.630. The van der Waals surface area contributed by atoms with Gasteiger partial charge in [-0.25, -0.2) is 9.37 Å². The van der Waals surface area contributed by atoms with Crippen LogP contribution in [0.4, 0.5) is 10.1 Å². The van der Waals surface area contributed by atoms with Gasteiger partial charge >= 0.3 is 0 Å². The monoisotopic (exact) mass is 191 g/mol. The Kier molecular flexibility index (Phi) is 2.44. The Morgan fingerprint density at radius 3 is 2.93 bits per heavy atom. The van der Waals surface area contributed by atoms with Gasteiger partial charge in [-0.15, -0.1) is 0 Å². The lowest BCUT2D eigenvalue weighted by Gasteiger charge is -2.04. The van der Waals surface area contributed by atoms with Crippen molar-refractivity contribution in [1.82, 2.24) is 9.97 Å². The van der Waals surface area contributed by atoms with Gasteiger partial charge in [-0.3, -0.25) is 0 Å². The van der Waals surface area contributed by atoms with Gasteiger partial charge in [-0.2, -0.15) is 0 Å². The molecule has 3 nitrogen and oxygen atoms in total. The third-order valence-electron chi connectivity index (χ3n) is 1.87. The van der Waals surface area contributed by atoms with Gasteiger partial charge in [0.2, 0.25) is 0 Å². The molecule has 1 aromatic heterocycles. The number of nitrogens with zero attached hydrogens (tertiary/aromatic N) is 1. The van der Waals surface area contributed by atoms with Gasteiger partial charge in [-0.05, 0) is 12.1 Å². The summed E-state index contributed by atoms with van der Waals surface area (Å²) in [6.45, 7) is 0.494. The highest BCUT2D eigenvalue weighted by molar-refractivity contribution is 5.44. The number of imidazole rings is 1. The number of rotatable bonds is 3. The van der Waals surface area contributed by atoms with Crippen LogP contribution in [0, 0.1) is 5.82 Å². The number of halogens is 1. The Morgan fingerprint density at radius 1 is 1.36 bits per heavy atom. The number of nitrogens with one attached hydrogen (secondary N) is 2. The van der Waals surface area contributed by atoms with Crippen molar-refractivity contribution in [3.8, 4) is 0 Å². The second-order valence-corrected chi connectivity index (χ2v) is 2.87. The molecule has 0 aliphatic heterocycles. The average molecular weight is 191 g/mol. The minimum absolute atomic E-state index is 0.251. The van der Waals surface area contributed by atoms with Crippen molar-refractivity contribution in [3.63, 3.8) is 0 Å². The first kappa shape index (κ1) is 8.74. The fraction of sp³-hybridized carbons (Fsp3) is 0.100. The Hall–Kier alpha value is -1.84. The van der Waals surface area contributed by atoms with E-state index in [1.165, 1.54) is 6.07 Å². The number of anilines is 1. The van der Waals surface area contributed by atoms with Gasteiger partial charge in [0.1, 0.15) is 11.6 Å². The van der Waals surface area contributed by atoms with E-state index in [0.29, 0.717) is 12.2 Å². The molecule has 1 aromatic carbocycles. The Labute approximate surface area is 81.0 Å². The van der Waals surface area contributed by atoms with Crippen molar-refractivity contribution in [1.29, 1.82) is 0 Å². The van der Waals surface area contributed by atoms with Crippen LogP contribution in [0.3, 0.4) is 0 Å². The summed E-state index contributed by atoms with van der Waals surface area (Å²) in [6, 6.07) is 6.56. The lowest BCUT2D eigenvalue weighted by atomic mass is 10.3. The van der Waals surface area contributed by atoms with Crippen LogP contribution in [0.15, 0.2) is 36.7 Å². The summed E-state index contributed by atoms with van der Waals surface area (Å²) in [5.41, 5.74) is 0.490. The van der Waals surface area contributed by atoms with E-state index in [1.54, 1.807) is 30.6 Å². The molecule has 0 saturated carbocycles. The minimum atomic E-state index is -0.251. The van der Waals surface area contributed by atoms with Crippen LogP contribution < -0.4 is 5.32 Å². The number of aromatic nitrogens is 2. The van der Waals surface area contributed by atoms with E-state index < -0.39 is 0 Å². The van der Waals surface area contributed by atoms with Gasteiger partial charge in [-0.1, -0.05) is 12.1 Å². The highest BCUT2D eigenvalue weighted by atomic mass is 19.1. The highest BCUT2D eigenvalue weighted by Crippen LogP contribution is 2.12. The molecule has 0 saturated heterocycles. The second kappa shape index (κ2) is 3.91. The van der Waals surface area contributed by atoms with Crippen molar-refractivity contribution in [3.05, 3.63) is 48.3 Å². The maximum Gasteiger partial charge on any atom is 0.146 e. The van der Waals surface area contributed by atoms with Crippen molar-refractivity contribution in [2.75, 3.05) is 5.32 Å². The van der Waals surface area contributed by atoms with Crippen LogP contribution in [0.1, 0.15) is 5.82 Å². The van der Waals surface area contributed by atoms with E-state index in [4.69, 9.17) is 0 Å². The molecule has 0 radical (unpaired) electrons. The first-order chi connectivity index (χ1) is 6.86. The highest BCUT2D eigenvalue weighted by Gasteiger charge is 1.99. The summed E-state index contributed by atoms with van der Waals surface area (Å²) in [6.07, 6.45) is 3.40. The smallest absolute Gasteiger partial charge is 0.146 e. The predicted molar refractivity (Wildman–Crippen MR) is 52.3 cm³/mol. The van der Waals surface area contributed by atoms with E-state index in [2.05, 4.69) is 15.3 Å². The average Bonchev–Trinajstić information content (AvgIpc) is 2.69. The maximum absolute atomic E-state index is 13.1. The van der Waals surface area contributed by atoms with Gasteiger partial charge < -0.3 is 10.3 Å². The van der Waals surface area contributed by atoms with Crippen LogP contribution in [-0.4, -0.2) is 9.97 Å². The van der Waals surface area contributed by atoms with Crippen molar-refractivity contribution >= 4 is 5.69 Å². The molecular weight excluding hydrogens is 181 g/mol. The lowest BCUT2D eigenvalue weighted by Crippen LogP contribution is -2.02. The van der Waals surface area contributed by atoms with Crippen molar-refractivity contribution < 1.29 is 4.39 Å². The third-order valence-corrected chi connectivity index (χ3v) is 1.87. The SMILES string of the molecule is Fc1ccccc1NCc1ncc[nH]1. The summed E-state index contributed by atoms with van der Waals surface area (Å²) >= 11 is 0. The van der Waals surface area contributed by atoms with Crippen LogP contribution in [0.5, 0.6) is 0 Å². The summed E-state index contributed by atoms with van der Waals surface area (Å²) < 4.78 is 13.1. The molecule has 0 aliphatic rings. The van der Waals surface area contributed by atoms with E-state index >= 15 is 0 Å². The molecule has 2 N–H and O–H groups in total. The largest absolute Gasteiger partial charge is 0.375 e. The summed E-state index contributed by atoms with van der Waals surface area (Å²) in [4.78, 5) is 6.95. The van der Waals surface area contributed by atoms with Gasteiger partial charge in [0.25, 0.3) is 0 Å². The number of aromatic amines is 1. The fourth-order valence-electron chi connectivity index (χ4n) is 1.18. The van der Waals surface area contributed by atoms with E-state index in [9.17, 15) is 4.39 Å². The zero-order valence-corrected chi connectivity index (χ0v) is 7.50. The van der Waals surface area contributed by atoms with Crippen LogP contribution in [0.2, 0.25) is 0 Å². The van der Waals surface area contributed by atoms with Crippen LogP contribution in [-0.2, 0) is 6.54 Å². The maximum atomic E-state index is 13.1. The standard InChI is InChI=1S/C10H10FN3/c11-8-3-1-2-4-9(8)14-7-10-12-5-6-13-10/h1-6,14H,7H2,(H,12,13). The summed E-state index contributed by atoms with van der Waals surface area (Å²) in [5, 5.41) is 2.95. The van der Waals surface area contributed by atoms with E-state index in [0.717, 1.165) is 5.82 Å². The summed E-state index contributed by atoms with van der Waals surface area (Å²) in [5.74, 6) is 0.535. The molecular formula is C10H10FN3. The topological polar surface area (TPSA) is 40.7 Å². The minimum Gasteiger partial charge on any atom is -0.375 e. The van der Waals surface area contributed by atoms with Crippen LogP contribution in [0.25, 0.3) is 0 Å². The van der Waals surface area contributed by atoms with Crippen molar-refractivity contribution in [2.24, 2.45) is 0 Å². The number of benzene rings is 1. The molecule has 1 heterocycles. The van der Waals surface area contributed by atoms with Gasteiger partial charge in [0, 0.05) is 12.4 Å². The molecule has 0 fully saturated rings. The fourth-order valence-corrected chi connectivity index (χ4v) is 1.18. The van der Waals surface area contributed by atoms with Crippen molar-refractivity contribution in [2.45, 2.75) is 6.54 Å². The number of hydrogen-bond donors (Lipinski definition) is 2. The molecule has 14 heavy (non-hydrogen) atoms. The molecule has 0 aliphatic carbocycles. The quantitative estimate of drug-likeness (QED) is 0.780. The summed E-state index contributed by atoms with van der Waals surface area (Å²) in [7, 11) is 0. The van der Waals surface area contributed by atoms with Gasteiger partial charge in [0.15, 0.2) is 0 Å². The number of H-pyrrole nitrogens is 1.